The van der Waals surface area contributed by atoms with Gasteiger partial charge in [-0.25, -0.2) is 4.98 Å². The molecule has 12 heteroatoms. The number of carbonyl (C=O) groups excluding carboxylic acids is 4. The lowest BCUT2D eigenvalue weighted by Gasteiger charge is -2.35. The second kappa shape index (κ2) is 12.6. The molecule has 1 saturated carbocycles. The molecule has 0 radical (unpaired) electrons. The predicted molar refractivity (Wildman–Crippen MR) is 178 cm³/mol. The Morgan fingerprint density at radius 1 is 0.896 bits per heavy atom. The summed E-state index contributed by atoms with van der Waals surface area (Å²) in [6.07, 6.45) is 12.6. The Morgan fingerprint density at radius 3 is 2.56 bits per heavy atom. The van der Waals surface area contributed by atoms with Gasteiger partial charge in [0.25, 0.3) is 11.8 Å². The van der Waals surface area contributed by atoms with Crippen LogP contribution >= 0.6 is 0 Å². The molecule has 4 aliphatic rings. The standard InChI is InChI=1S/C36H38N8O4/c45-33-8-7-32(34(46)42-33)44-35(47)27-5-4-25(17-28(27)36(44)48)38-11-1-2-21-14-26(15-21)43-20-24(18-40-43)31-19-39-29-6-3-23(16-30(29)41-31)22-9-12-37-13-10-22/h3-6,16-22,26,32,37-38H,1-2,7-15H2,(H,42,45,46)/t21-,26-,32?. The van der Waals surface area contributed by atoms with Crippen molar-refractivity contribution in [2.24, 2.45) is 5.92 Å². The minimum atomic E-state index is -0.962. The zero-order chi connectivity index (χ0) is 32.8. The normalized spacial score (nSPS) is 22.9. The first-order valence-electron chi connectivity index (χ1n) is 17.0. The summed E-state index contributed by atoms with van der Waals surface area (Å²) in [6, 6.07) is 11.0. The largest absolute Gasteiger partial charge is 0.385 e. The fourth-order valence-electron chi connectivity index (χ4n) is 7.60. The summed E-state index contributed by atoms with van der Waals surface area (Å²) >= 11 is 0. The van der Waals surface area contributed by atoms with Crippen LogP contribution < -0.4 is 16.0 Å². The fourth-order valence-corrected chi connectivity index (χ4v) is 7.60. The highest BCUT2D eigenvalue weighted by Crippen LogP contribution is 2.40. The zero-order valence-electron chi connectivity index (χ0n) is 26.7. The summed E-state index contributed by atoms with van der Waals surface area (Å²) in [4.78, 5) is 60.5. The van der Waals surface area contributed by atoms with Crippen LogP contribution in [0.5, 0.6) is 0 Å². The molecule has 3 fully saturated rings. The van der Waals surface area contributed by atoms with E-state index in [1.165, 1.54) is 5.56 Å². The maximum absolute atomic E-state index is 13.1. The van der Waals surface area contributed by atoms with Crippen LogP contribution in [0.2, 0.25) is 0 Å². The number of hydrogen-bond donors (Lipinski definition) is 3. The van der Waals surface area contributed by atoms with Crippen molar-refractivity contribution in [3.8, 4) is 11.3 Å². The summed E-state index contributed by atoms with van der Waals surface area (Å²) < 4.78 is 2.07. The molecule has 3 aliphatic heterocycles. The van der Waals surface area contributed by atoms with Crippen LogP contribution in [0.3, 0.4) is 0 Å². The van der Waals surface area contributed by atoms with E-state index in [0.29, 0.717) is 17.9 Å². The molecule has 2 saturated heterocycles. The topological polar surface area (TPSA) is 151 Å². The number of imide groups is 2. The lowest BCUT2D eigenvalue weighted by molar-refractivity contribution is -0.136. The maximum atomic E-state index is 13.1. The van der Waals surface area contributed by atoms with Crippen molar-refractivity contribution in [1.29, 1.82) is 0 Å². The van der Waals surface area contributed by atoms with Gasteiger partial charge in [-0.2, -0.15) is 5.10 Å². The molecule has 8 rings (SSSR count). The SMILES string of the molecule is O=C1CCC(N2C(=O)c3ccc(NCCC[C@H]4C[C@H](n5cc(-c6cnc7ccc(C8CCNCC8)cc7n6)cn5)C4)cc3C2=O)C(=O)N1. The average molecular weight is 647 g/mol. The summed E-state index contributed by atoms with van der Waals surface area (Å²) in [6.45, 7) is 2.86. The third kappa shape index (κ3) is 5.74. The molecule has 1 aliphatic carbocycles. The predicted octanol–water partition coefficient (Wildman–Crippen LogP) is 4.20. The van der Waals surface area contributed by atoms with Crippen LogP contribution in [-0.2, 0) is 9.59 Å². The first-order chi connectivity index (χ1) is 23.4. The van der Waals surface area contributed by atoms with Crippen molar-refractivity contribution < 1.29 is 19.2 Å². The van der Waals surface area contributed by atoms with E-state index in [2.05, 4.69) is 55.1 Å². The van der Waals surface area contributed by atoms with Gasteiger partial charge in [-0.15, -0.1) is 0 Å². The Bertz CT molecular complexity index is 1930. The van der Waals surface area contributed by atoms with Gasteiger partial charge in [-0.1, -0.05) is 6.07 Å². The van der Waals surface area contributed by atoms with E-state index in [4.69, 9.17) is 4.98 Å². The number of carbonyl (C=O) groups is 4. The van der Waals surface area contributed by atoms with E-state index in [1.807, 2.05) is 12.4 Å². The number of fused-ring (bicyclic) bond motifs is 2. The Balaban J connectivity index is 0.819. The number of aromatic nitrogens is 4. The maximum Gasteiger partial charge on any atom is 0.262 e. The van der Waals surface area contributed by atoms with E-state index in [-0.39, 0.29) is 29.9 Å². The second-order valence-electron chi connectivity index (χ2n) is 13.5. The van der Waals surface area contributed by atoms with Crippen molar-refractivity contribution in [2.45, 2.75) is 69.4 Å². The summed E-state index contributed by atoms with van der Waals surface area (Å²) in [5.41, 5.74) is 6.35. The van der Waals surface area contributed by atoms with E-state index < -0.39 is 23.8 Å². The number of piperidine rings is 2. The summed E-state index contributed by atoms with van der Waals surface area (Å²) in [7, 11) is 0. The van der Waals surface area contributed by atoms with Gasteiger partial charge < -0.3 is 10.6 Å². The third-order valence-corrected chi connectivity index (χ3v) is 10.4. The molecule has 0 spiro atoms. The molecule has 4 amide bonds. The molecule has 12 nitrogen and oxygen atoms in total. The van der Waals surface area contributed by atoms with Gasteiger partial charge in [0.05, 0.1) is 46.3 Å². The number of nitrogens with zero attached hydrogens (tertiary/aromatic N) is 5. The van der Waals surface area contributed by atoms with Gasteiger partial charge in [0, 0.05) is 30.4 Å². The molecule has 4 aromatic rings. The minimum absolute atomic E-state index is 0.0986. The molecular formula is C36H38N8O4. The number of amides is 4. The average Bonchev–Trinajstić information content (AvgIpc) is 3.66. The molecule has 1 atom stereocenters. The second-order valence-corrected chi connectivity index (χ2v) is 13.5. The van der Waals surface area contributed by atoms with Crippen LogP contribution in [0, 0.1) is 5.92 Å². The Kier molecular flexibility index (Phi) is 7.95. The molecule has 2 aromatic carbocycles. The number of nitrogens with one attached hydrogen (secondary N) is 3. The van der Waals surface area contributed by atoms with E-state index in [0.717, 1.165) is 91.0 Å². The lowest BCUT2D eigenvalue weighted by Crippen LogP contribution is -2.54. The van der Waals surface area contributed by atoms with E-state index >= 15 is 0 Å². The van der Waals surface area contributed by atoms with Gasteiger partial charge in [0.15, 0.2) is 0 Å². The molecule has 1 unspecified atom stereocenters. The monoisotopic (exact) mass is 646 g/mol. The summed E-state index contributed by atoms with van der Waals surface area (Å²) in [5.74, 6) is -0.787. The molecule has 5 heterocycles. The van der Waals surface area contributed by atoms with Crippen LogP contribution in [0.1, 0.15) is 89.6 Å². The molecule has 0 bridgehead atoms. The first kappa shape index (κ1) is 30.4. The van der Waals surface area contributed by atoms with E-state index in [9.17, 15) is 19.2 Å². The number of anilines is 1. The highest BCUT2D eigenvalue weighted by atomic mass is 16.2. The van der Waals surface area contributed by atoms with Crippen molar-refractivity contribution in [2.75, 3.05) is 25.0 Å². The number of hydrogen-bond acceptors (Lipinski definition) is 9. The summed E-state index contributed by atoms with van der Waals surface area (Å²) in [5, 5.41) is 13.7. The number of rotatable bonds is 9. The van der Waals surface area contributed by atoms with Gasteiger partial charge in [-0.05, 0) is 106 Å². The van der Waals surface area contributed by atoms with Crippen molar-refractivity contribution in [3.05, 3.63) is 71.7 Å². The zero-order valence-corrected chi connectivity index (χ0v) is 26.7. The van der Waals surface area contributed by atoms with Gasteiger partial charge in [0.2, 0.25) is 11.8 Å². The highest BCUT2D eigenvalue weighted by molar-refractivity contribution is 6.23. The van der Waals surface area contributed by atoms with Gasteiger partial charge in [-0.3, -0.25) is 39.1 Å². The van der Waals surface area contributed by atoms with Gasteiger partial charge >= 0.3 is 0 Å². The third-order valence-electron chi connectivity index (χ3n) is 10.4. The van der Waals surface area contributed by atoms with Gasteiger partial charge in [0.1, 0.15) is 6.04 Å². The fraction of sp³-hybridized carbons (Fsp3) is 0.417. The quantitative estimate of drug-likeness (QED) is 0.180. The van der Waals surface area contributed by atoms with Crippen LogP contribution in [0.25, 0.3) is 22.3 Å². The lowest BCUT2D eigenvalue weighted by atomic mass is 9.77. The Labute approximate surface area is 277 Å². The smallest absolute Gasteiger partial charge is 0.262 e. The Morgan fingerprint density at radius 2 is 1.73 bits per heavy atom. The highest BCUT2D eigenvalue weighted by Gasteiger charge is 2.44. The molecule has 2 aromatic heterocycles. The van der Waals surface area contributed by atoms with Crippen molar-refractivity contribution in [3.63, 3.8) is 0 Å². The Hall–Kier alpha value is -4.97. The molecule has 48 heavy (non-hydrogen) atoms. The van der Waals surface area contributed by atoms with Crippen LogP contribution in [-0.4, -0.2) is 74.0 Å². The van der Waals surface area contributed by atoms with Crippen LogP contribution in [0.15, 0.2) is 55.0 Å². The number of benzene rings is 2. The van der Waals surface area contributed by atoms with Crippen molar-refractivity contribution in [1.82, 2.24) is 35.3 Å². The van der Waals surface area contributed by atoms with E-state index in [1.54, 1.807) is 18.2 Å². The minimum Gasteiger partial charge on any atom is -0.385 e. The molecule has 246 valence electrons. The first-order valence-corrected chi connectivity index (χ1v) is 17.0. The van der Waals surface area contributed by atoms with Crippen molar-refractivity contribution >= 4 is 40.3 Å². The molecular weight excluding hydrogens is 608 g/mol. The van der Waals surface area contributed by atoms with Crippen LogP contribution in [0.4, 0.5) is 5.69 Å². The molecule has 3 N–H and O–H groups in total.